The molecule has 202 valence electrons. The first-order valence-electron chi connectivity index (χ1n) is 13.4. The fourth-order valence-corrected chi connectivity index (χ4v) is 4.91. The maximum absolute atomic E-state index is 13.5. The van der Waals surface area contributed by atoms with Gasteiger partial charge in [0.25, 0.3) is 5.91 Å². The highest BCUT2D eigenvalue weighted by molar-refractivity contribution is 5.96. The summed E-state index contributed by atoms with van der Waals surface area (Å²) in [5.74, 6) is 0.597. The van der Waals surface area contributed by atoms with Gasteiger partial charge in [-0.25, -0.2) is 0 Å². The van der Waals surface area contributed by atoms with Gasteiger partial charge >= 0.3 is 0 Å². The van der Waals surface area contributed by atoms with E-state index in [1.54, 1.807) is 7.11 Å². The van der Waals surface area contributed by atoms with E-state index in [2.05, 4.69) is 48.7 Å². The zero-order valence-corrected chi connectivity index (χ0v) is 23.2. The average molecular weight is 523 g/mol. The van der Waals surface area contributed by atoms with Gasteiger partial charge in [-0.2, -0.15) is 0 Å². The number of carbonyl (C=O) groups is 1. The molecule has 5 nitrogen and oxygen atoms in total. The Hall–Kier alpha value is -3.93. The molecule has 0 saturated heterocycles. The van der Waals surface area contributed by atoms with Crippen molar-refractivity contribution in [3.63, 3.8) is 0 Å². The SMILES string of the molecule is COc1cccc(CNC[C@@H](O)[C@H](Cc2ccccc2)NC(=O)c2cc(C)cc(-c3cc(C)cc(C)c3)c2)c1. The molecule has 4 aromatic carbocycles. The predicted octanol–water partition coefficient (Wildman–Crippen LogP) is 5.78. The Labute approximate surface area is 231 Å². The lowest BCUT2D eigenvalue weighted by atomic mass is 9.96. The maximum Gasteiger partial charge on any atom is 0.251 e. The second-order valence-electron chi connectivity index (χ2n) is 10.3. The van der Waals surface area contributed by atoms with Crippen LogP contribution in [0.15, 0.2) is 91.0 Å². The van der Waals surface area contributed by atoms with E-state index >= 15 is 0 Å². The number of carbonyl (C=O) groups excluding carboxylic acids is 1. The maximum atomic E-state index is 13.5. The zero-order chi connectivity index (χ0) is 27.8. The van der Waals surface area contributed by atoms with Gasteiger partial charge in [0, 0.05) is 18.7 Å². The summed E-state index contributed by atoms with van der Waals surface area (Å²) in [4.78, 5) is 13.5. The largest absolute Gasteiger partial charge is 0.497 e. The molecule has 0 aliphatic carbocycles. The van der Waals surface area contributed by atoms with Crippen LogP contribution >= 0.6 is 0 Å². The number of hydrogen-bond acceptors (Lipinski definition) is 4. The van der Waals surface area contributed by atoms with Gasteiger partial charge in [0.2, 0.25) is 0 Å². The molecule has 0 fully saturated rings. The van der Waals surface area contributed by atoms with E-state index in [0.29, 0.717) is 25.1 Å². The summed E-state index contributed by atoms with van der Waals surface area (Å²) in [5.41, 5.74) is 8.17. The topological polar surface area (TPSA) is 70.6 Å². The predicted molar refractivity (Wildman–Crippen MR) is 158 cm³/mol. The molecule has 0 saturated carbocycles. The first kappa shape index (κ1) is 28.1. The molecule has 4 rings (SSSR count). The second kappa shape index (κ2) is 13.2. The average Bonchev–Trinajstić information content (AvgIpc) is 2.92. The van der Waals surface area contributed by atoms with E-state index in [-0.39, 0.29) is 5.91 Å². The summed E-state index contributed by atoms with van der Waals surface area (Å²) in [7, 11) is 1.65. The highest BCUT2D eigenvalue weighted by atomic mass is 16.5. The molecule has 2 atom stereocenters. The number of amides is 1. The number of aliphatic hydroxyl groups is 1. The van der Waals surface area contributed by atoms with E-state index in [1.165, 1.54) is 11.1 Å². The quantitative estimate of drug-likeness (QED) is 0.234. The van der Waals surface area contributed by atoms with Crippen LogP contribution in [0.1, 0.15) is 38.2 Å². The monoisotopic (exact) mass is 522 g/mol. The molecule has 0 unspecified atom stereocenters. The molecular formula is C34H38N2O3. The molecule has 1 amide bonds. The standard InChI is InChI=1S/C34H38N2O3/c1-23-13-24(2)15-28(14-23)29-16-25(3)17-30(20-29)34(38)36-32(19-26-9-6-5-7-10-26)33(37)22-35-21-27-11-8-12-31(18-27)39-4/h5-18,20,32-33,35,37H,19,21-22H2,1-4H3,(H,36,38)/t32-,33+/m0/s1. The van der Waals surface area contributed by atoms with Crippen molar-refractivity contribution in [3.05, 3.63) is 124 Å². The van der Waals surface area contributed by atoms with Crippen molar-refractivity contribution in [2.24, 2.45) is 0 Å². The fraction of sp³-hybridized carbons (Fsp3) is 0.265. The van der Waals surface area contributed by atoms with Gasteiger partial charge in [0.15, 0.2) is 0 Å². The third-order valence-electron chi connectivity index (χ3n) is 6.79. The number of benzene rings is 4. The normalized spacial score (nSPS) is 12.5. The number of aryl methyl sites for hydroxylation is 3. The minimum atomic E-state index is -0.788. The molecule has 4 aromatic rings. The van der Waals surface area contributed by atoms with Crippen molar-refractivity contribution in [2.75, 3.05) is 13.7 Å². The summed E-state index contributed by atoms with van der Waals surface area (Å²) in [6, 6.07) is 29.6. The lowest BCUT2D eigenvalue weighted by molar-refractivity contribution is 0.0830. The van der Waals surface area contributed by atoms with Crippen LogP contribution in [0, 0.1) is 20.8 Å². The third-order valence-corrected chi connectivity index (χ3v) is 6.79. The summed E-state index contributed by atoms with van der Waals surface area (Å²) >= 11 is 0. The lowest BCUT2D eigenvalue weighted by Crippen LogP contribution is -2.48. The van der Waals surface area contributed by atoms with Crippen molar-refractivity contribution in [3.8, 4) is 16.9 Å². The van der Waals surface area contributed by atoms with E-state index in [4.69, 9.17) is 4.74 Å². The van der Waals surface area contributed by atoms with Crippen molar-refractivity contribution >= 4 is 5.91 Å². The van der Waals surface area contributed by atoms with E-state index in [1.807, 2.05) is 73.7 Å². The molecule has 39 heavy (non-hydrogen) atoms. The van der Waals surface area contributed by atoms with Crippen LogP contribution in [0.25, 0.3) is 11.1 Å². The molecule has 0 aliphatic rings. The van der Waals surface area contributed by atoms with Crippen LogP contribution in [-0.2, 0) is 13.0 Å². The van der Waals surface area contributed by atoms with Crippen LogP contribution in [0.3, 0.4) is 0 Å². The number of methoxy groups -OCH3 is 1. The Kier molecular flexibility index (Phi) is 9.53. The van der Waals surface area contributed by atoms with Crippen LogP contribution in [-0.4, -0.2) is 36.8 Å². The molecule has 0 aliphatic heterocycles. The van der Waals surface area contributed by atoms with Gasteiger partial charge in [0.1, 0.15) is 5.75 Å². The van der Waals surface area contributed by atoms with Gasteiger partial charge in [0.05, 0.1) is 19.3 Å². The Morgan fingerprint density at radius 2 is 1.44 bits per heavy atom. The Morgan fingerprint density at radius 3 is 2.13 bits per heavy atom. The second-order valence-corrected chi connectivity index (χ2v) is 10.3. The fourth-order valence-electron chi connectivity index (χ4n) is 4.91. The number of rotatable bonds is 11. The Balaban J connectivity index is 1.50. The smallest absolute Gasteiger partial charge is 0.251 e. The summed E-state index contributed by atoms with van der Waals surface area (Å²) in [6.07, 6.45) is -0.270. The molecule has 0 spiro atoms. The van der Waals surface area contributed by atoms with Gasteiger partial charge in [-0.3, -0.25) is 4.79 Å². The first-order valence-corrected chi connectivity index (χ1v) is 13.4. The minimum Gasteiger partial charge on any atom is -0.497 e. The first-order chi connectivity index (χ1) is 18.8. The highest BCUT2D eigenvalue weighted by Crippen LogP contribution is 2.25. The van der Waals surface area contributed by atoms with Crippen molar-refractivity contribution in [2.45, 2.75) is 45.9 Å². The molecule has 0 radical (unpaired) electrons. The molecule has 5 heteroatoms. The van der Waals surface area contributed by atoms with Crippen LogP contribution in [0.4, 0.5) is 0 Å². The molecule has 0 bridgehead atoms. The number of aliphatic hydroxyl groups excluding tert-OH is 1. The number of nitrogens with one attached hydrogen (secondary N) is 2. The summed E-state index contributed by atoms with van der Waals surface area (Å²) < 4.78 is 5.30. The van der Waals surface area contributed by atoms with Crippen LogP contribution in [0.5, 0.6) is 5.75 Å². The van der Waals surface area contributed by atoms with Crippen molar-refractivity contribution in [1.82, 2.24) is 10.6 Å². The third kappa shape index (κ3) is 8.03. The van der Waals surface area contributed by atoms with Gasteiger partial charge in [-0.05, 0) is 79.3 Å². The van der Waals surface area contributed by atoms with E-state index in [0.717, 1.165) is 33.6 Å². The number of hydrogen-bond donors (Lipinski definition) is 3. The van der Waals surface area contributed by atoms with E-state index in [9.17, 15) is 9.90 Å². The van der Waals surface area contributed by atoms with Crippen molar-refractivity contribution in [1.29, 1.82) is 0 Å². The Bertz CT molecular complexity index is 1380. The molecule has 3 N–H and O–H groups in total. The van der Waals surface area contributed by atoms with Crippen LogP contribution in [0.2, 0.25) is 0 Å². The van der Waals surface area contributed by atoms with Gasteiger partial charge < -0.3 is 20.5 Å². The lowest BCUT2D eigenvalue weighted by Gasteiger charge is -2.25. The zero-order valence-electron chi connectivity index (χ0n) is 23.2. The minimum absolute atomic E-state index is 0.197. The molecule has 0 heterocycles. The van der Waals surface area contributed by atoms with Gasteiger partial charge in [-0.1, -0.05) is 77.9 Å². The molecule has 0 aromatic heterocycles. The number of ether oxygens (including phenoxy) is 1. The van der Waals surface area contributed by atoms with E-state index < -0.39 is 12.1 Å². The highest BCUT2D eigenvalue weighted by Gasteiger charge is 2.23. The van der Waals surface area contributed by atoms with Gasteiger partial charge in [-0.15, -0.1) is 0 Å². The van der Waals surface area contributed by atoms with Crippen LogP contribution < -0.4 is 15.4 Å². The molecular weight excluding hydrogens is 484 g/mol. The summed E-state index contributed by atoms with van der Waals surface area (Å²) in [5, 5.41) is 17.6. The van der Waals surface area contributed by atoms with Crippen molar-refractivity contribution < 1.29 is 14.6 Å². The summed E-state index contributed by atoms with van der Waals surface area (Å²) in [6.45, 7) is 7.07. The Morgan fingerprint density at radius 1 is 0.795 bits per heavy atom.